The van der Waals surface area contributed by atoms with E-state index in [1.54, 1.807) is 11.3 Å². The average molecular weight is 323 g/mol. The molecule has 21 heavy (non-hydrogen) atoms. The Morgan fingerprint density at radius 1 is 1.38 bits per heavy atom. The van der Waals surface area contributed by atoms with Crippen LogP contribution in [-0.2, 0) is 20.7 Å². The molecule has 0 N–H and O–H groups in total. The summed E-state index contributed by atoms with van der Waals surface area (Å²) >= 11 is 3.17. The first kappa shape index (κ1) is 16.4. The molecule has 3 heterocycles. The van der Waals surface area contributed by atoms with Gasteiger partial charge >= 0.3 is 0 Å². The van der Waals surface area contributed by atoms with Gasteiger partial charge < -0.3 is 14.3 Å². The number of ether oxygens (including phenoxy) is 2. The van der Waals surface area contributed by atoms with E-state index in [9.17, 15) is 4.79 Å². The maximum absolute atomic E-state index is 9.86. The first-order valence-corrected chi connectivity index (χ1v) is 8.45. The molecular weight excluding hydrogens is 304 g/mol. The summed E-state index contributed by atoms with van der Waals surface area (Å²) < 4.78 is 11.3. The summed E-state index contributed by atoms with van der Waals surface area (Å²) in [5.74, 6) is 0. The maximum atomic E-state index is 9.86. The Balaban J connectivity index is 0.000000173. The van der Waals surface area contributed by atoms with Crippen LogP contribution in [0.5, 0.6) is 0 Å². The molecule has 0 saturated carbocycles. The lowest BCUT2D eigenvalue weighted by Gasteiger charge is -2.34. The van der Waals surface area contributed by atoms with Gasteiger partial charge in [0.15, 0.2) is 6.29 Å². The van der Waals surface area contributed by atoms with Crippen LogP contribution in [0.15, 0.2) is 29.6 Å². The molecule has 3 nitrogen and oxygen atoms in total. The van der Waals surface area contributed by atoms with Crippen molar-refractivity contribution in [1.82, 2.24) is 0 Å². The van der Waals surface area contributed by atoms with E-state index < -0.39 is 0 Å². The summed E-state index contributed by atoms with van der Waals surface area (Å²) in [6.07, 6.45) is 1.31. The monoisotopic (exact) mass is 323 g/mol. The smallest absolute Gasteiger partial charge is 0.193 e. The van der Waals surface area contributed by atoms with Gasteiger partial charge in [0.2, 0.25) is 0 Å². The second-order valence-corrected chi connectivity index (χ2v) is 7.47. The van der Waals surface area contributed by atoms with Crippen molar-refractivity contribution in [2.24, 2.45) is 5.41 Å². The van der Waals surface area contributed by atoms with Gasteiger partial charge in [0.05, 0.1) is 18.1 Å². The minimum absolute atomic E-state index is 0.131. The third-order valence-electron chi connectivity index (χ3n) is 2.84. The van der Waals surface area contributed by atoms with Gasteiger partial charge in [0.1, 0.15) is 6.29 Å². The van der Waals surface area contributed by atoms with E-state index in [0.29, 0.717) is 6.42 Å². The Bertz CT molecular complexity index is 508. The van der Waals surface area contributed by atoms with Crippen LogP contribution in [0.25, 0.3) is 0 Å². The van der Waals surface area contributed by atoms with E-state index in [1.807, 2.05) is 29.6 Å². The van der Waals surface area contributed by atoms with Gasteiger partial charge in [-0.15, -0.1) is 22.7 Å². The molecule has 0 unspecified atom stereocenters. The van der Waals surface area contributed by atoms with Crippen LogP contribution in [0, 0.1) is 10.8 Å². The van der Waals surface area contributed by atoms with E-state index in [0.717, 1.165) is 29.3 Å². The van der Waals surface area contributed by atoms with Crippen molar-refractivity contribution in [2.75, 3.05) is 13.2 Å². The fourth-order valence-corrected chi connectivity index (χ4v) is 3.04. The first-order chi connectivity index (χ1) is 10.1. The number of hydrogen-bond acceptors (Lipinski definition) is 5. The molecule has 1 fully saturated rings. The van der Waals surface area contributed by atoms with Crippen LogP contribution in [0.3, 0.4) is 0 Å². The molecular formula is C16H19O3S2. The molecule has 113 valence electrons. The van der Waals surface area contributed by atoms with Gasteiger partial charge in [0.25, 0.3) is 0 Å². The third kappa shape index (κ3) is 5.36. The van der Waals surface area contributed by atoms with Crippen LogP contribution in [0.1, 0.15) is 29.9 Å². The Labute approximate surface area is 133 Å². The maximum Gasteiger partial charge on any atom is 0.193 e. The molecule has 2 aromatic heterocycles. The number of aldehydes is 1. The SMILES string of the molecule is CC1(C)COC(c2cccs2)OC1.O=CCc1cc[c]s1. The zero-order chi connectivity index (χ0) is 15.1. The number of carbonyl (C=O) groups excluding carboxylic acids is 1. The van der Waals surface area contributed by atoms with E-state index in [1.165, 1.54) is 11.3 Å². The van der Waals surface area contributed by atoms with Gasteiger partial charge in [-0.05, 0) is 23.6 Å². The number of hydrogen-bond donors (Lipinski definition) is 0. The molecule has 0 bridgehead atoms. The van der Waals surface area contributed by atoms with Crippen LogP contribution >= 0.6 is 22.7 Å². The topological polar surface area (TPSA) is 35.5 Å². The highest BCUT2D eigenvalue weighted by Gasteiger charge is 2.29. The molecule has 0 spiro atoms. The average Bonchev–Trinajstić information content (AvgIpc) is 3.12. The molecule has 0 amide bonds. The summed E-state index contributed by atoms with van der Waals surface area (Å²) in [5, 5.41) is 4.94. The van der Waals surface area contributed by atoms with Gasteiger partial charge in [-0.1, -0.05) is 19.9 Å². The molecule has 0 atom stereocenters. The molecule has 3 rings (SSSR count). The van der Waals surface area contributed by atoms with Gasteiger partial charge in [0, 0.05) is 22.1 Å². The highest BCUT2D eigenvalue weighted by Crippen LogP contribution is 2.32. The van der Waals surface area contributed by atoms with Crippen molar-refractivity contribution >= 4 is 29.0 Å². The second kappa shape index (κ2) is 7.84. The lowest BCUT2D eigenvalue weighted by atomic mass is 9.96. The lowest BCUT2D eigenvalue weighted by Crippen LogP contribution is -2.33. The fourth-order valence-electron chi connectivity index (χ4n) is 1.74. The highest BCUT2D eigenvalue weighted by molar-refractivity contribution is 7.10. The molecule has 0 aromatic carbocycles. The minimum Gasteiger partial charge on any atom is -0.347 e. The largest absolute Gasteiger partial charge is 0.347 e. The molecule has 1 radical (unpaired) electrons. The third-order valence-corrected chi connectivity index (χ3v) is 4.55. The van der Waals surface area contributed by atoms with E-state index in [4.69, 9.17) is 9.47 Å². The van der Waals surface area contributed by atoms with Crippen molar-refractivity contribution in [2.45, 2.75) is 26.6 Å². The Morgan fingerprint density at radius 2 is 2.14 bits per heavy atom. The standard InChI is InChI=1S/C10H14O2S.C6H5OS/c1-10(2)6-11-9(12-7-10)8-4-3-5-13-8;7-4-3-6-2-1-5-8-6/h3-5,9H,6-7H2,1-2H3;1-2,4H,3H2. The second-order valence-electron chi connectivity index (χ2n) is 5.52. The minimum atomic E-state index is -0.131. The van der Waals surface area contributed by atoms with Crippen molar-refractivity contribution in [3.63, 3.8) is 0 Å². The lowest BCUT2D eigenvalue weighted by molar-refractivity contribution is -0.224. The zero-order valence-corrected chi connectivity index (χ0v) is 13.8. The van der Waals surface area contributed by atoms with E-state index >= 15 is 0 Å². The zero-order valence-electron chi connectivity index (χ0n) is 12.2. The summed E-state index contributed by atoms with van der Waals surface area (Å²) in [7, 11) is 0. The first-order valence-electron chi connectivity index (χ1n) is 6.76. The van der Waals surface area contributed by atoms with Crippen LogP contribution in [0.2, 0.25) is 0 Å². The Hall–Kier alpha value is -1.01. The van der Waals surface area contributed by atoms with Crippen molar-refractivity contribution < 1.29 is 14.3 Å². The molecule has 1 aliphatic rings. The fraction of sp³-hybridized carbons (Fsp3) is 0.438. The number of carbonyl (C=O) groups is 1. The van der Waals surface area contributed by atoms with Crippen molar-refractivity contribution in [3.05, 3.63) is 44.8 Å². The predicted molar refractivity (Wildman–Crippen MR) is 85.7 cm³/mol. The summed E-state index contributed by atoms with van der Waals surface area (Å²) in [5.41, 5.74) is 0.160. The Kier molecular flexibility index (Phi) is 6.11. The Morgan fingerprint density at radius 3 is 2.67 bits per heavy atom. The van der Waals surface area contributed by atoms with Gasteiger partial charge in [-0.25, -0.2) is 0 Å². The van der Waals surface area contributed by atoms with E-state index in [2.05, 4.69) is 19.2 Å². The van der Waals surface area contributed by atoms with Crippen molar-refractivity contribution in [3.8, 4) is 0 Å². The van der Waals surface area contributed by atoms with Crippen molar-refractivity contribution in [1.29, 1.82) is 0 Å². The summed E-state index contributed by atoms with van der Waals surface area (Å²) in [6.45, 7) is 5.85. The summed E-state index contributed by atoms with van der Waals surface area (Å²) in [6, 6.07) is 7.79. The molecule has 5 heteroatoms. The summed E-state index contributed by atoms with van der Waals surface area (Å²) in [4.78, 5) is 12.1. The quantitative estimate of drug-likeness (QED) is 0.798. The van der Waals surface area contributed by atoms with Gasteiger partial charge in [-0.2, -0.15) is 0 Å². The number of thiophene rings is 2. The van der Waals surface area contributed by atoms with Gasteiger partial charge in [-0.3, -0.25) is 0 Å². The van der Waals surface area contributed by atoms with Crippen LogP contribution in [-0.4, -0.2) is 19.5 Å². The predicted octanol–water partition coefficient (Wildman–Crippen LogP) is 4.11. The van der Waals surface area contributed by atoms with Crippen LogP contribution in [0.4, 0.5) is 0 Å². The number of rotatable bonds is 3. The molecule has 1 saturated heterocycles. The van der Waals surface area contributed by atoms with Crippen LogP contribution < -0.4 is 0 Å². The highest BCUT2D eigenvalue weighted by atomic mass is 32.1. The normalized spacial score (nSPS) is 17.8. The molecule has 2 aromatic rings. The van der Waals surface area contributed by atoms with E-state index in [-0.39, 0.29) is 11.7 Å². The molecule has 0 aliphatic carbocycles. The molecule has 1 aliphatic heterocycles.